The molecule has 2 aliphatic heterocycles. The van der Waals surface area contributed by atoms with Gasteiger partial charge in [-0.25, -0.2) is 9.18 Å². The SMILES string of the molecule is COc1ccc(CNC(=O)N2CC3CNCC(C3)C2=O)cc1F. The number of amides is 3. The second kappa shape index (κ2) is 6.54. The zero-order valence-corrected chi connectivity index (χ0v) is 13.0. The predicted molar refractivity (Wildman–Crippen MR) is 81.4 cm³/mol. The van der Waals surface area contributed by atoms with E-state index in [9.17, 15) is 14.0 Å². The first-order valence-electron chi connectivity index (χ1n) is 7.71. The van der Waals surface area contributed by atoms with E-state index in [4.69, 9.17) is 4.74 Å². The Kier molecular flexibility index (Phi) is 4.47. The smallest absolute Gasteiger partial charge is 0.324 e. The summed E-state index contributed by atoms with van der Waals surface area (Å²) < 4.78 is 18.5. The molecule has 23 heavy (non-hydrogen) atoms. The van der Waals surface area contributed by atoms with Crippen molar-refractivity contribution in [2.24, 2.45) is 11.8 Å². The Labute approximate surface area is 134 Å². The third kappa shape index (κ3) is 3.29. The number of fused-ring (bicyclic) bond motifs is 2. The lowest BCUT2D eigenvalue weighted by Crippen LogP contribution is -2.58. The van der Waals surface area contributed by atoms with Crippen molar-refractivity contribution in [2.45, 2.75) is 13.0 Å². The summed E-state index contributed by atoms with van der Waals surface area (Å²) in [4.78, 5) is 25.8. The molecule has 1 aromatic rings. The number of methoxy groups -OCH3 is 1. The van der Waals surface area contributed by atoms with Gasteiger partial charge in [0.15, 0.2) is 11.6 Å². The number of likely N-dealkylation sites (tertiary alicyclic amines) is 1. The summed E-state index contributed by atoms with van der Waals surface area (Å²) in [5, 5.41) is 5.91. The van der Waals surface area contributed by atoms with Gasteiger partial charge in [-0.15, -0.1) is 0 Å². The maximum atomic E-state index is 13.6. The molecule has 0 aromatic heterocycles. The number of nitrogens with zero attached hydrogens (tertiary/aromatic N) is 1. The molecule has 0 aliphatic carbocycles. The number of urea groups is 1. The molecule has 2 N–H and O–H groups in total. The first kappa shape index (κ1) is 15.7. The van der Waals surface area contributed by atoms with E-state index in [1.807, 2.05) is 0 Å². The number of halogens is 1. The van der Waals surface area contributed by atoms with Crippen molar-refractivity contribution in [3.05, 3.63) is 29.6 Å². The molecule has 2 saturated heterocycles. The molecule has 2 atom stereocenters. The first-order valence-corrected chi connectivity index (χ1v) is 7.71. The van der Waals surface area contributed by atoms with Gasteiger partial charge in [0.2, 0.25) is 5.91 Å². The molecular formula is C16H20FN3O3. The molecule has 1 aromatic carbocycles. The van der Waals surface area contributed by atoms with Gasteiger partial charge in [0.25, 0.3) is 0 Å². The Balaban J connectivity index is 1.61. The van der Waals surface area contributed by atoms with Crippen LogP contribution in [-0.2, 0) is 11.3 Å². The van der Waals surface area contributed by atoms with Gasteiger partial charge in [-0.2, -0.15) is 0 Å². The maximum Gasteiger partial charge on any atom is 0.324 e. The quantitative estimate of drug-likeness (QED) is 0.875. The first-order chi connectivity index (χ1) is 11.1. The number of rotatable bonds is 3. The van der Waals surface area contributed by atoms with Gasteiger partial charge >= 0.3 is 6.03 Å². The van der Waals surface area contributed by atoms with Gasteiger partial charge in [-0.1, -0.05) is 6.07 Å². The highest BCUT2D eigenvalue weighted by Crippen LogP contribution is 2.25. The van der Waals surface area contributed by atoms with Crippen LogP contribution >= 0.6 is 0 Å². The molecule has 3 amide bonds. The summed E-state index contributed by atoms with van der Waals surface area (Å²) in [6.45, 7) is 2.06. The summed E-state index contributed by atoms with van der Waals surface area (Å²) in [5.41, 5.74) is 0.614. The molecular weight excluding hydrogens is 301 g/mol. The van der Waals surface area contributed by atoms with E-state index in [1.165, 1.54) is 24.1 Å². The Morgan fingerprint density at radius 3 is 3.04 bits per heavy atom. The van der Waals surface area contributed by atoms with Gasteiger partial charge in [0.05, 0.1) is 13.0 Å². The molecule has 2 unspecified atom stereocenters. The fourth-order valence-corrected chi connectivity index (χ4v) is 3.20. The number of hydrogen-bond donors (Lipinski definition) is 2. The van der Waals surface area contributed by atoms with Crippen molar-refractivity contribution in [3.63, 3.8) is 0 Å². The zero-order chi connectivity index (χ0) is 16.4. The van der Waals surface area contributed by atoms with Crippen molar-refractivity contribution in [2.75, 3.05) is 26.7 Å². The molecule has 2 aliphatic rings. The summed E-state index contributed by atoms with van der Waals surface area (Å²) in [6.07, 6.45) is 0.847. The van der Waals surface area contributed by atoms with Crippen LogP contribution in [-0.4, -0.2) is 43.6 Å². The lowest BCUT2D eigenvalue weighted by molar-refractivity contribution is -0.137. The highest BCUT2D eigenvalue weighted by Gasteiger charge is 2.39. The average molecular weight is 321 g/mol. The molecule has 0 spiro atoms. The van der Waals surface area contributed by atoms with E-state index in [-0.39, 0.29) is 24.1 Å². The zero-order valence-electron chi connectivity index (χ0n) is 13.0. The standard InChI is InChI=1S/C16H20FN3O3/c1-23-14-3-2-10(5-13(14)17)7-19-16(22)20-9-11-4-12(15(20)21)8-18-6-11/h2-3,5,11-12,18H,4,6-9H2,1H3,(H,19,22). The van der Waals surface area contributed by atoms with Crippen LogP contribution in [0.25, 0.3) is 0 Å². The number of benzene rings is 1. The van der Waals surface area contributed by atoms with E-state index in [2.05, 4.69) is 10.6 Å². The van der Waals surface area contributed by atoms with E-state index in [0.717, 1.165) is 13.0 Å². The summed E-state index contributed by atoms with van der Waals surface area (Å²) in [7, 11) is 1.40. The Bertz CT molecular complexity index is 623. The third-order valence-electron chi connectivity index (χ3n) is 4.40. The minimum Gasteiger partial charge on any atom is -0.494 e. The normalized spacial score (nSPS) is 23.6. The van der Waals surface area contributed by atoms with Crippen molar-refractivity contribution < 1.29 is 18.7 Å². The van der Waals surface area contributed by atoms with Crippen LogP contribution in [0, 0.1) is 17.7 Å². The van der Waals surface area contributed by atoms with Crippen LogP contribution in [0.1, 0.15) is 12.0 Å². The highest BCUT2D eigenvalue weighted by molar-refractivity contribution is 5.96. The van der Waals surface area contributed by atoms with Crippen molar-refractivity contribution in [1.29, 1.82) is 0 Å². The minimum absolute atomic E-state index is 0.119. The van der Waals surface area contributed by atoms with Gasteiger partial charge in [0, 0.05) is 19.6 Å². The molecule has 2 heterocycles. The Hall–Kier alpha value is -2.15. The fourth-order valence-electron chi connectivity index (χ4n) is 3.20. The topological polar surface area (TPSA) is 70.7 Å². The molecule has 7 heteroatoms. The summed E-state index contributed by atoms with van der Waals surface area (Å²) in [6, 6.07) is 4.09. The molecule has 0 radical (unpaired) electrons. The second-order valence-electron chi connectivity index (χ2n) is 6.03. The van der Waals surface area contributed by atoms with Crippen LogP contribution in [0.15, 0.2) is 18.2 Å². The highest BCUT2D eigenvalue weighted by atomic mass is 19.1. The van der Waals surface area contributed by atoms with Crippen LogP contribution in [0.3, 0.4) is 0 Å². The monoisotopic (exact) mass is 321 g/mol. The molecule has 2 bridgehead atoms. The maximum absolute atomic E-state index is 13.6. The number of carbonyl (C=O) groups excluding carboxylic acids is 2. The van der Waals surface area contributed by atoms with E-state index < -0.39 is 11.8 Å². The van der Waals surface area contributed by atoms with Gasteiger partial charge < -0.3 is 15.4 Å². The second-order valence-corrected chi connectivity index (χ2v) is 6.03. The summed E-state index contributed by atoms with van der Waals surface area (Å²) in [5.74, 6) is -0.255. The molecule has 6 nitrogen and oxygen atoms in total. The van der Waals surface area contributed by atoms with Gasteiger partial charge in [-0.3, -0.25) is 9.69 Å². The van der Waals surface area contributed by atoms with Crippen LogP contribution in [0.4, 0.5) is 9.18 Å². The van der Waals surface area contributed by atoms with Crippen molar-refractivity contribution in [1.82, 2.24) is 15.5 Å². The number of ether oxygens (including phenoxy) is 1. The van der Waals surface area contributed by atoms with Crippen LogP contribution < -0.4 is 15.4 Å². The van der Waals surface area contributed by atoms with Crippen LogP contribution in [0.2, 0.25) is 0 Å². The molecule has 3 rings (SSSR count). The Morgan fingerprint density at radius 2 is 2.30 bits per heavy atom. The van der Waals surface area contributed by atoms with Crippen LogP contribution in [0.5, 0.6) is 5.75 Å². The van der Waals surface area contributed by atoms with E-state index in [0.29, 0.717) is 24.6 Å². The Morgan fingerprint density at radius 1 is 1.48 bits per heavy atom. The largest absolute Gasteiger partial charge is 0.494 e. The number of imide groups is 1. The lowest BCUT2D eigenvalue weighted by atomic mass is 9.85. The van der Waals surface area contributed by atoms with E-state index in [1.54, 1.807) is 6.07 Å². The lowest BCUT2D eigenvalue weighted by Gasteiger charge is -2.39. The minimum atomic E-state index is -0.478. The molecule has 124 valence electrons. The van der Waals surface area contributed by atoms with E-state index >= 15 is 0 Å². The third-order valence-corrected chi connectivity index (χ3v) is 4.40. The average Bonchev–Trinajstić information content (AvgIpc) is 2.56. The van der Waals surface area contributed by atoms with Crippen molar-refractivity contribution in [3.8, 4) is 5.75 Å². The van der Waals surface area contributed by atoms with Gasteiger partial charge in [-0.05, 0) is 36.6 Å². The molecule has 2 fully saturated rings. The number of carbonyl (C=O) groups is 2. The number of hydrogen-bond acceptors (Lipinski definition) is 4. The van der Waals surface area contributed by atoms with Gasteiger partial charge in [0.1, 0.15) is 0 Å². The predicted octanol–water partition coefficient (Wildman–Crippen LogP) is 1.11. The number of nitrogens with one attached hydrogen (secondary N) is 2. The summed E-state index contributed by atoms with van der Waals surface area (Å²) >= 11 is 0. The number of piperidine rings is 2. The molecule has 0 saturated carbocycles. The fraction of sp³-hybridized carbons (Fsp3) is 0.500. The van der Waals surface area contributed by atoms with Crippen molar-refractivity contribution >= 4 is 11.9 Å².